The topological polar surface area (TPSA) is 41.1 Å². The van der Waals surface area contributed by atoms with Gasteiger partial charge in [0, 0.05) is 15.9 Å². The van der Waals surface area contributed by atoms with E-state index in [4.69, 9.17) is 11.6 Å². The second kappa shape index (κ2) is 7.59. The van der Waals surface area contributed by atoms with Crippen LogP contribution in [0.4, 0.5) is 0 Å². The van der Waals surface area contributed by atoms with Crippen LogP contribution in [0.5, 0.6) is 0 Å². The fraction of sp³-hybridized carbons (Fsp3) is 0.312. The number of rotatable bonds is 6. The Labute approximate surface area is 134 Å². The van der Waals surface area contributed by atoms with E-state index < -0.39 is 0 Å². The van der Waals surface area contributed by atoms with Gasteiger partial charge in [0.05, 0.1) is 12.6 Å². The lowest BCUT2D eigenvalue weighted by atomic mass is 10.1. The fourth-order valence-corrected chi connectivity index (χ4v) is 3.12. The van der Waals surface area contributed by atoms with Crippen LogP contribution in [0, 0.1) is 0 Å². The van der Waals surface area contributed by atoms with Gasteiger partial charge in [-0.15, -0.1) is 11.3 Å². The van der Waals surface area contributed by atoms with Crippen LogP contribution in [0.15, 0.2) is 41.8 Å². The first-order chi connectivity index (χ1) is 10.1. The Hall–Kier alpha value is -1.36. The van der Waals surface area contributed by atoms with E-state index in [1.807, 2.05) is 55.6 Å². The van der Waals surface area contributed by atoms with E-state index >= 15 is 0 Å². The summed E-state index contributed by atoms with van der Waals surface area (Å²) < 4.78 is 0. The van der Waals surface area contributed by atoms with E-state index in [9.17, 15) is 4.79 Å². The molecule has 1 aromatic carbocycles. The van der Waals surface area contributed by atoms with E-state index in [-0.39, 0.29) is 24.5 Å². The molecule has 0 saturated carbocycles. The standard InChI is InChI=1S/C16H19ClN2OS/c1-11(13-6-3-4-7-14(13)17)18-10-16(20)19-12(2)15-8-5-9-21-15/h3-9,11-12,18H,10H2,1-2H3,(H,19,20)/t11-,12-/m0/s1. The van der Waals surface area contributed by atoms with Crippen molar-refractivity contribution in [1.82, 2.24) is 10.6 Å². The van der Waals surface area contributed by atoms with Crippen molar-refractivity contribution in [3.05, 3.63) is 57.2 Å². The van der Waals surface area contributed by atoms with E-state index in [1.165, 1.54) is 0 Å². The predicted molar refractivity (Wildman–Crippen MR) is 88.7 cm³/mol. The van der Waals surface area contributed by atoms with Crippen molar-refractivity contribution in [3.8, 4) is 0 Å². The Morgan fingerprint density at radius 2 is 1.95 bits per heavy atom. The van der Waals surface area contributed by atoms with E-state index in [1.54, 1.807) is 11.3 Å². The zero-order chi connectivity index (χ0) is 15.2. The molecule has 0 saturated heterocycles. The van der Waals surface area contributed by atoms with E-state index in [0.717, 1.165) is 10.4 Å². The van der Waals surface area contributed by atoms with Gasteiger partial charge in [-0.25, -0.2) is 0 Å². The lowest BCUT2D eigenvalue weighted by Crippen LogP contribution is -2.36. The van der Waals surface area contributed by atoms with Crippen molar-refractivity contribution < 1.29 is 4.79 Å². The second-order valence-electron chi connectivity index (χ2n) is 4.93. The van der Waals surface area contributed by atoms with Gasteiger partial charge in [0.1, 0.15) is 0 Å². The second-order valence-corrected chi connectivity index (χ2v) is 6.32. The monoisotopic (exact) mass is 322 g/mol. The molecule has 0 aliphatic carbocycles. The third-order valence-electron chi connectivity index (χ3n) is 3.29. The number of nitrogens with one attached hydrogen (secondary N) is 2. The molecule has 0 fully saturated rings. The highest BCUT2D eigenvalue weighted by Gasteiger charge is 2.13. The molecular formula is C16H19ClN2OS. The molecule has 2 aromatic rings. The molecule has 0 radical (unpaired) electrons. The van der Waals surface area contributed by atoms with Crippen molar-refractivity contribution >= 4 is 28.8 Å². The highest BCUT2D eigenvalue weighted by atomic mass is 35.5. The van der Waals surface area contributed by atoms with Gasteiger partial charge in [-0.05, 0) is 36.9 Å². The summed E-state index contributed by atoms with van der Waals surface area (Å²) >= 11 is 7.79. The summed E-state index contributed by atoms with van der Waals surface area (Å²) in [6, 6.07) is 11.7. The molecule has 112 valence electrons. The number of carbonyl (C=O) groups excluding carboxylic acids is 1. The largest absolute Gasteiger partial charge is 0.348 e. The number of benzene rings is 1. The molecule has 2 atom stereocenters. The minimum atomic E-state index is -0.0187. The summed E-state index contributed by atoms with van der Waals surface area (Å²) in [5, 5.41) is 8.90. The van der Waals surface area contributed by atoms with Gasteiger partial charge < -0.3 is 10.6 Å². The summed E-state index contributed by atoms with van der Waals surface area (Å²) in [6.45, 7) is 4.25. The third kappa shape index (κ3) is 4.56. The normalized spacial score (nSPS) is 13.7. The number of halogens is 1. The van der Waals surface area contributed by atoms with Crippen LogP contribution in [0.1, 0.15) is 36.4 Å². The summed E-state index contributed by atoms with van der Waals surface area (Å²) in [5.74, 6) is -0.0187. The van der Waals surface area contributed by atoms with Crippen molar-refractivity contribution in [2.24, 2.45) is 0 Å². The Morgan fingerprint density at radius 3 is 2.62 bits per heavy atom. The van der Waals surface area contributed by atoms with Gasteiger partial charge in [0.25, 0.3) is 0 Å². The zero-order valence-corrected chi connectivity index (χ0v) is 13.7. The minimum Gasteiger partial charge on any atom is -0.348 e. The maximum absolute atomic E-state index is 12.0. The first-order valence-corrected chi connectivity index (χ1v) is 8.14. The number of carbonyl (C=O) groups is 1. The van der Waals surface area contributed by atoms with E-state index in [0.29, 0.717) is 5.02 Å². The van der Waals surface area contributed by atoms with Gasteiger partial charge in [-0.1, -0.05) is 35.9 Å². The molecule has 0 bridgehead atoms. The van der Waals surface area contributed by atoms with Crippen molar-refractivity contribution in [2.75, 3.05) is 6.54 Å². The van der Waals surface area contributed by atoms with Gasteiger partial charge in [-0.2, -0.15) is 0 Å². The Kier molecular flexibility index (Phi) is 5.79. The van der Waals surface area contributed by atoms with Crippen LogP contribution in [-0.2, 0) is 4.79 Å². The molecule has 0 aliphatic heterocycles. The molecule has 0 spiro atoms. The maximum atomic E-state index is 12.0. The summed E-state index contributed by atoms with van der Waals surface area (Å²) in [6.07, 6.45) is 0. The third-order valence-corrected chi connectivity index (χ3v) is 4.69. The smallest absolute Gasteiger partial charge is 0.234 e. The first kappa shape index (κ1) is 16.0. The Bertz CT molecular complexity index is 586. The van der Waals surface area contributed by atoms with Crippen LogP contribution in [0.3, 0.4) is 0 Å². The first-order valence-electron chi connectivity index (χ1n) is 6.88. The molecule has 21 heavy (non-hydrogen) atoms. The van der Waals surface area contributed by atoms with Gasteiger partial charge in [0.2, 0.25) is 5.91 Å². The number of hydrogen-bond donors (Lipinski definition) is 2. The van der Waals surface area contributed by atoms with Crippen LogP contribution in [0.2, 0.25) is 5.02 Å². The Morgan fingerprint density at radius 1 is 1.19 bits per heavy atom. The number of thiophene rings is 1. The molecule has 2 N–H and O–H groups in total. The van der Waals surface area contributed by atoms with Gasteiger partial charge in [-0.3, -0.25) is 4.79 Å². The highest BCUT2D eigenvalue weighted by molar-refractivity contribution is 7.10. The molecule has 0 unspecified atom stereocenters. The molecule has 2 rings (SSSR count). The van der Waals surface area contributed by atoms with Gasteiger partial charge >= 0.3 is 0 Å². The molecule has 1 amide bonds. The molecule has 3 nitrogen and oxygen atoms in total. The zero-order valence-electron chi connectivity index (χ0n) is 12.1. The fourth-order valence-electron chi connectivity index (χ4n) is 2.08. The molecular weight excluding hydrogens is 304 g/mol. The summed E-state index contributed by atoms with van der Waals surface area (Å²) in [7, 11) is 0. The summed E-state index contributed by atoms with van der Waals surface area (Å²) in [4.78, 5) is 13.1. The Balaban J connectivity index is 1.83. The van der Waals surface area contributed by atoms with Crippen molar-refractivity contribution in [1.29, 1.82) is 0 Å². The maximum Gasteiger partial charge on any atom is 0.234 e. The minimum absolute atomic E-state index is 0.0187. The SMILES string of the molecule is C[C@H](NC(=O)CN[C@@H](C)c1ccccc1Cl)c1cccs1. The van der Waals surface area contributed by atoms with Crippen LogP contribution in [0.25, 0.3) is 0 Å². The number of amides is 1. The van der Waals surface area contributed by atoms with Crippen LogP contribution < -0.4 is 10.6 Å². The molecule has 5 heteroatoms. The predicted octanol–water partition coefficient (Wildman–Crippen LogP) is 3.93. The van der Waals surface area contributed by atoms with E-state index in [2.05, 4.69) is 10.6 Å². The average Bonchev–Trinajstić information content (AvgIpc) is 2.99. The van der Waals surface area contributed by atoms with Crippen LogP contribution in [-0.4, -0.2) is 12.5 Å². The lowest BCUT2D eigenvalue weighted by molar-refractivity contribution is -0.121. The van der Waals surface area contributed by atoms with Crippen molar-refractivity contribution in [2.45, 2.75) is 25.9 Å². The van der Waals surface area contributed by atoms with Gasteiger partial charge in [0.15, 0.2) is 0 Å². The average molecular weight is 323 g/mol. The quantitative estimate of drug-likeness (QED) is 0.846. The molecule has 1 heterocycles. The lowest BCUT2D eigenvalue weighted by Gasteiger charge is -2.17. The molecule has 0 aliphatic rings. The van der Waals surface area contributed by atoms with Crippen LogP contribution >= 0.6 is 22.9 Å². The van der Waals surface area contributed by atoms with Crippen molar-refractivity contribution in [3.63, 3.8) is 0 Å². The number of hydrogen-bond acceptors (Lipinski definition) is 3. The molecule has 1 aromatic heterocycles. The highest BCUT2D eigenvalue weighted by Crippen LogP contribution is 2.22. The summed E-state index contributed by atoms with van der Waals surface area (Å²) in [5.41, 5.74) is 0.998.